The van der Waals surface area contributed by atoms with Gasteiger partial charge in [0.15, 0.2) is 0 Å². The van der Waals surface area contributed by atoms with Gasteiger partial charge in [0.25, 0.3) is 0 Å². The van der Waals surface area contributed by atoms with Crippen LogP contribution >= 0.6 is 0 Å². The summed E-state index contributed by atoms with van der Waals surface area (Å²) in [6.45, 7) is 4.34. The van der Waals surface area contributed by atoms with Crippen LogP contribution in [0.4, 0.5) is 0 Å². The zero-order chi connectivity index (χ0) is 12.0. The standard InChI is InChI=1S/C14H23NO/c1-4-6-13(5-2)15-14(16)12-9-7-11(3)8-10-12/h2,11-13H,4,6-10H2,1,3H3,(H,15,16). The molecule has 1 aliphatic carbocycles. The van der Waals surface area contributed by atoms with E-state index in [1.807, 2.05) is 0 Å². The van der Waals surface area contributed by atoms with E-state index in [2.05, 4.69) is 25.1 Å². The third kappa shape index (κ3) is 3.89. The molecule has 0 spiro atoms. The van der Waals surface area contributed by atoms with Crippen LogP contribution in [0.3, 0.4) is 0 Å². The Balaban J connectivity index is 2.37. The van der Waals surface area contributed by atoms with Crippen LogP contribution < -0.4 is 5.32 Å². The van der Waals surface area contributed by atoms with Crippen LogP contribution in [0.2, 0.25) is 0 Å². The van der Waals surface area contributed by atoms with Gasteiger partial charge in [0.05, 0.1) is 6.04 Å². The van der Waals surface area contributed by atoms with E-state index in [1.165, 1.54) is 12.8 Å². The summed E-state index contributed by atoms with van der Waals surface area (Å²) in [5.41, 5.74) is 0. The van der Waals surface area contributed by atoms with Crippen molar-refractivity contribution in [1.82, 2.24) is 5.32 Å². The van der Waals surface area contributed by atoms with Gasteiger partial charge in [-0.2, -0.15) is 0 Å². The van der Waals surface area contributed by atoms with Crippen molar-refractivity contribution >= 4 is 5.91 Å². The largest absolute Gasteiger partial charge is 0.342 e. The predicted octanol–water partition coefficient (Wildman–Crippen LogP) is 2.73. The van der Waals surface area contributed by atoms with E-state index in [4.69, 9.17) is 6.42 Å². The number of carbonyl (C=O) groups excluding carboxylic acids is 1. The maximum atomic E-state index is 11.9. The summed E-state index contributed by atoms with van der Waals surface area (Å²) in [6, 6.07) is -0.0724. The molecular formula is C14H23NO. The monoisotopic (exact) mass is 221 g/mol. The number of rotatable bonds is 4. The van der Waals surface area contributed by atoms with Gasteiger partial charge in [0.1, 0.15) is 0 Å². The summed E-state index contributed by atoms with van der Waals surface area (Å²) < 4.78 is 0. The maximum absolute atomic E-state index is 11.9. The van der Waals surface area contributed by atoms with Crippen molar-refractivity contribution in [2.24, 2.45) is 11.8 Å². The molecule has 16 heavy (non-hydrogen) atoms. The van der Waals surface area contributed by atoms with Crippen LogP contribution in [0.1, 0.15) is 52.4 Å². The Kier molecular flexibility index (Phi) is 5.38. The van der Waals surface area contributed by atoms with E-state index in [0.717, 1.165) is 31.6 Å². The summed E-state index contributed by atoms with van der Waals surface area (Å²) >= 11 is 0. The quantitative estimate of drug-likeness (QED) is 0.727. The van der Waals surface area contributed by atoms with E-state index in [1.54, 1.807) is 0 Å². The zero-order valence-corrected chi connectivity index (χ0v) is 10.5. The van der Waals surface area contributed by atoms with Crippen LogP contribution in [0.15, 0.2) is 0 Å². The molecule has 0 aromatic heterocycles. The molecule has 0 bridgehead atoms. The fourth-order valence-corrected chi connectivity index (χ4v) is 2.30. The lowest BCUT2D eigenvalue weighted by atomic mass is 9.82. The van der Waals surface area contributed by atoms with E-state index < -0.39 is 0 Å². The molecular weight excluding hydrogens is 198 g/mol. The highest BCUT2D eigenvalue weighted by atomic mass is 16.1. The Labute approximate surface area is 99.2 Å². The number of amides is 1. The Morgan fingerprint density at radius 3 is 2.56 bits per heavy atom. The van der Waals surface area contributed by atoms with Crippen molar-refractivity contribution in [1.29, 1.82) is 0 Å². The number of terminal acetylenes is 1. The van der Waals surface area contributed by atoms with Crippen molar-refractivity contribution in [2.45, 2.75) is 58.4 Å². The maximum Gasteiger partial charge on any atom is 0.224 e. The van der Waals surface area contributed by atoms with E-state index in [9.17, 15) is 4.79 Å². The predicted molar refractivity (Wildman–Crippen MR) is 66.8 cm³/mol. The summed E-state index contributed by atoms with van der Waals surface area (Å²) in [5.74, 6) is 3.80. The summed E-state index contributed by atoms with van der Waals surface area (Å²) in [7, 11) is 0. The first-order valence-electron chi connectivity index (χ1n) is 6.43. The first-order valence-corrected chi connectivity index (χ1v) is 6.43. The fraction of sp³-hybridized carbons (Fsp3) is 0.786. The molecule has 2 nitrogen and oxygen atoms in total. The molecule has 0 aromatic carbocycles. The minimum absolute atomic E-state index is 0.0724. The second-order valence-electron chi connectivity index (χ2n) is 4.97. The third-order valence-electron chi connectivity index (χ3n) is 3.48. The van der Waals surface area contributed by atoms with Crippen LogP contribution in [0.5, 0.6) is 0 Å². The number of hydrogen-bond donors (Lipinski definition) is 1. The molecule has 0 heterocycles. The Morgan fingerprint density at radius 2 is 2.06 bits per heavy atom. The lowest BCUT2D eigenvalue weighted by molar-refractivity contribution is -0.126. The van der Waals surface area contributed by atoms with E-state index in [-0.39, 0.29) is 17.9 Å². The van der Waals surface area contributed by atoms with Gasteiger partial charge in [-0.1, -0.05) is 26.2 Å². The molecule has 1 N–H and O–H groups in total. The average molecular weight is 221 g/mol. The molecule has 90 valence electrons. The number of carbonyl (C=O) groups is 1. The molecule has 1 unspecified atom stereocenters. The SMILES string of the molecule is C#CC(CCC)NC(=O)C1CCC(C)CC1. The van der Waals surface area contributed by atoms with Crippen molar-refractivity contribution in [3.05, 3.63) is 0 Å². The van der Waals surface area contributed by atoms with E-state index >= 15 is 0 Å². The number of hydrogen-bond acceptors (Lipinski definition) is 1. The third-order valence-corrected chi connectivity index (χ3v) is 3.48. The minimum Gasteiger partial charge on any atom is -0.342 e. The second kappa shape index (κ2) is 6.58. The zero-order valence-electron chi connectivity index (χ0n) is 10.5. The molecule has 2 heteroatoms. The van der Waals surface area contributed by atoms with Crippen LogP contribution in [-0.2, 0) is 4.79 Å². The van der Waals surface area contributed by atoms with E-state index in [0.29, 0.717) is 0 Å². The highest BCUT2D eigenvalue weighted by molar-refractivity contribution is 5.79. The van der Waals surface area contributed by atoms with Crippen molar-refractivity contribution in [3.63, 3.8) is 0 Å². The summed E-state index contributed by atoms with van der Waals surface area (Å²) in [4.78, 5) is 11.9. The van der Waals surface area contributed by atoms with Gasteiger partial charge in [0.2, 0.25) is 5.91 Å². The molecule has 0 radical (unpaired) electrons. The first kappa shape index (κ1) is 13.1. The van der Waals surface area contributed by atoms with Gasteiger partial charge >= 0.3 is 0 Å². The topological polar surface area (TPSA) is 29.1 Å². The van der Waals surface area contributed by atoms with Crippen molar-refractivity contribution < 1.29 is 4.79 Å². The van der Waals surface area contributed by atoms with Crippen LogP contribution in [0.25, 0.3) is 0 Å². The fourth-order valence-electron chi connectivity index (χ4n) is 2.30. The normalized spacial score (nSPS) is 26.8. The average Bonchev–Trinajstić information content (AvgIpc) is 2.29. The highest BCUT2D eigenvalue weighted by Gasteiger charge is 2.25. The van der Waals surface area contributed by atoms with Gasteiger partial charge < -0.3 is 5.32 Å². The first-order chi connectivity index (χ1) is 7.67. The number of nitrogens with one attached hydrogen (secondary N) is 1. The highest BCUT2D eigenvalue weighted by Crippen LogP contribution is 2.28. The Bertz CT molecular complexity index is 258. The van der Waals surface area contributed by atoms with Gasteiger partial charge in [-0.3, -0.25) is 4.79 Å². The van der Waals surface area contributed by atoms with Gasteiger partial charge in [-0.25, -0.2) is 0 Å². The second-order valence-corrected chi connectivity index (χ2v) is 4.97. The molecule has 0 aliphatic heterocycles. The molecule has 1 aliphatic rings. The van der Waals surface area contributed by atoms with Crippen molar-refractivity contribution in [2.75, 3.05) is 0 Å². The Hall–Kier alpha value is -0.970. The molecule has 0 aromatic rings. The van der Waals surface area contributed by atoms with Gasteiger partial charge in [-0.05, 0) is 38.0 Å². The summed E-state index contributed by atoms with van der Waals surface area (Å²) in [6.07, 6.45) is 11.7. The Morgan fingerprint density at radius 1 is 1.44 bits per heavy atom. The smallest absolute Gasteiger partial charge is 0.224 e. The summed E-state index contributed by atoms with van der Waals surface area (Å²) in [5, 5.41) is 2.98. The lowest BCUT2D eigenvalue weighted by Crippen LogP contribution is -2.39. The molecule has 0 saturated heterocycles. The molecule has 1 saturated carbocycles. The van der Waals surface area contributed by atoms with Crippen LogP contribution in [-0.4, -0.2) is 11.9 Å². The van der Waals surface area contributed by atoms with Crippen molar-refractivity contribution in [3.8, 4) is 12.3 Å². The molecule has 1 rings (SSSR count). The lowest BCUT2D eigenvalue weighted by Gasteiger charge is -2.26. The molecule has 1 amide bonds. The van der Waals surface area contributed by atoms with Gasteiger partial charge in [-0.15, -0.1) is 6.42 Å². The minimum atomic E-state index is -0.0724. The van der Waals surface area contributed by atoms with Gasteiger partial charge in [0, 0.05) is 5.92 Å². The van der Waals surface area contributed by atoms with Crippen LogP contribution in [0, 0.1) is 24.2 Å². The molecule has 1 atom stereocenters. The molecule has 1 fully saturated rings.